The molecule has 2 rings (SSSR count). The molecule has 0 radical (unpaired) electrons. The maximum Gasteiger partial charge on any atom is 0.164 e. The smallest absolute Gasteiger partial charge is 0.164 e. The van der Waals surface area contributed by atoms with Crippen LogP contribution in [0.1, 0.15) is 23.2 Å². The van der Waals surface area contributed by atoms with Crippen molar-refractivity contribution >= 4 is 21.7 Å². The minimum Gasteiger partial charge on any atom is -0.395 e. The van der Waals surface area contributed by atoms with Crippen molar-refractivity contribution in [2.24, 2.45) is 0 Å². The third-order valence-electron chi connectivity index (χ3n) is 3.92. The summed E-state index contributed by atoms with van der Waals surface area (Å²) in [5.74, 6) is 0.207. The Kier molecular flexibility index (Phi) is 6.83. The average Bonchev–Trinajstić information content (AvgIpc) is 2.71. The second-order valence-corrected chi connectivity index (χ2v) is 6.36. The molecule has 1 aromatic carbocycles. The van der Waals surface area contributed by atoms with Crippen molar-refractivity contribution in [1.29, 1.82) is 0 Å². The number of halogens is 1. The molecular weight excluding hydrogens is 332 g/mol. The summed E-state index contributed by atoms with van der Waals surface area (Å²) in [6.07, 6.45) is 1.67. The highest BCUT2D eigenvalue weighted by Gasteiger charge is 2.15. The molecule has 1 aliphatic heterocycles. The second-order valence-electron chi connectivity index (χ2n) is 5.44. The van der Waals surface area contributed by atoms with Crippen molar-refractivity contribution in [2.75, 3.05) is 45.9 Å². The van der Waals surface area contributed by atoms with Crippen LogP contribution in [-0.4, -0.2) is 66.6 Å². The lowest BCUT2D eigenvalue weighted by Gasteiger charge is -2.20. The second kappa shape index (κ2) is 8.63. The molecule has 4 nitrogen and oxygen atoms in total. The molecule has 0 bridgehead atoms. The highest BCUT2D eigenvalue weighted by molar-refractivity contribution is 9.10. The van der Waals surface area contributed by atoms with Gasteiger partial charge in [0.1, 0.15) is 0 Å². The summed E-state index contributed by atoms with van der Waals surface area (Å²) in [4.78, 5) is 16.8. The van der Waals surface area contributed by atoms with Crippen molar-refractivity contribution < 1.29 is 9.90 Å². The lowest BCUT2D eigenvalue weighted by molar-refractivity contribution is 0.0964. The van der Waals surface area contributed by atoms with Crippen molar-refractivity contribution in [3.8, 4) is 0 Å². The molecule has 1 fully saturated rings. The Balaban J connectivity index is 1.77. The number of carbonyl (C=O) groups is 1. The molecular formula is C16H23BrN2O2. The largest absolute Gasteiger partial charge is 0.395 e. The van der Waals surface area contributed by atoms with E-state index >= 15 is 0 Å². The van der Waals surface area contributed by atoms with Gasteiger partial charge in [0.05, 0.1) is 6.61 Å². The number of β-amino-alcohol motifs (C(OH)–C–C–N with tert-alkyl or cyclic N) is 1. The molecule has 1 heterocycles. The quantitative estimate of drug-likeness (QED) is 0.793. The van der Waals surface area contributed by atoms with Gasteiger partial charge in [-0.05, 0) is 31.6 Å². The average molecular weight is 355 g/mol. The molecule has 0 aromatic heterocycles. The Morgan fingerprint density at radius 2 is 1.67 bits per heavy atom. The van der Waals surface area contributed by atoms with Crippen LogP contribution in [0.15, 0.2) is 28.7 Å². The summed E-state index contributed by atoms with van der Waals surface area (Å²) in [6, 6.07) is 7.56. The van der Waals surface area contributed by atoms with Gasteiger partial charge in [-0.3, -0.25) is 9.69 Å². The first kappa shape index (κ1) is 16.6. The highest BCUT2D eigenvalue weighted by atomic mass is 79.9. The third-order valence-corrected chi connectivity index (χ3v) is 4.45. The fourth-order valence-corrected chi connectivity index (χ4v) is 2.92. The molecule has 0 amide bonds. The maximum absolute atomic E-state index is 12.2. The SMILES string of the molecule is O=C(CCN1CCCN(CCO)CC1)c1ccc(Br)cc1. The molecule has 116 valence electrons. The van der Waals surface area contributed by atoms with Gasteiger partial charge in [0.25, 0.3) is 0 Å². The van der Waals surface area contributed by atoms with Gasteiger partial charge in [0, 0.05) is 42.6 Å². The topological polar surface area (TPSA) is 43.8 Å². The molecule has 1 N–H and O–H groups in total. The first-order valence-electron chi connectivity index (χ1n) is 7.53. The fraction of sp³-hybridized carbons (Fsp3) is 0.562. The van der Waals surface area contributed by atoms with Crippen LogP contribution in [0.4, 0.5) is 0 Å². The molecule has 0 spiro atoms. The maximum atomic E-state index is 12.2. The van der Waals surface area contributed by atoms with Gasteiger partial charge in [-0.15, -0.1) is 0 Å². The summed E-state index contributed by atoms with van der Waals surface area (Å²) in [5, 5.41) is 8.99. The monoisotopic (exact) mass is 354 g/mol. The van der Waals surface area contributed by atoms with Gasteiger partial charge >= 0.3 is 0 Å². The number of hydrogen-bond donors (Lipinski definition) is 1. The van der Waals surface area contributed by atoms with Crippen LogP contribution in [0.2, 0.25) is 0 Å². The van der Waals surface area contributed by atoms with Crippen molar-refractivity contribution in [2.45, 2.75) is 12.8 Å². The zero-order valence-corrected chi connectivity index (χ0v) is 13.9. The molecule has 1 aliphatic rings. The van der Waals surface area contributed by atoms with Crippen LogP contribution in [0.3, 0.4) is 0 Å². The minimum absolute atomic E-state index is 0.207. The number of ketones is 1. The lowest BCUT2D eigenvalue weighted by Crippen LogP contribution is -2.33. The molecule has 0 saturated carbocycles. The number of benzene rings is 1. The van der Waals surface area contributed by atoms with Gasteiger partial charge in [0.2, 0.25) is 0 Å². The fourth-order valence-electron chi connectivity index (χ4n) is 2.65. The Morgan fingerprint density at radius 3 is 2.29 bits per heavy atom. The van der Waals surface area contributed by atoms with Crippen LogP contribution in [0.5, 0.6) is 0 Å². The first-order chi connectivity index (χ1) is 10.2. The summed E-state index contributed by atoms with van der Waals surface area (Å²) in [7, 11) is 0. The van der Waals surface area contributed by atoms with Gasteiger partial charge in [-0.1, -0.05) is 28.1 Å². The zero-order chi connectivity index (χ0) is 15.1. The van der Waals surface area contributed by atoms with Gasteiger partial charge in [-0.2, -0.15) is 0 Å². The number of aliphatic hydroxyl groups excluding tert-OH is 1. The van der Waals surface area contributed by atoms with E-state index in [9.17, 15) is 4.79 Å². The Labute approximate surface area is 134 Å². The van der Waals surface area contributed by atoms with E-state index < -0.39 is 0 Å². The summed E-state index contributed by atoms with van der Waals surface area (Å²) in [5.41, 5.74) is 0.787. The lowest BCUT2D eigenvalue weighted by atomic mass is 10.1. The molecule has 0 unspecified atom stereocenters. The highest BCUT2D eigenvalue weighted by Crippen LogP contribution is 2.12. The standard InChI is InChI=1S/C16H23BrN2O2/c17-15-4-2-14(3-5-15)16(21)6-9-18-7-1-8-19(11-10-18)12-13-20/h2-5,20H,1,6-13H2. The summed E-state index contributed by atoms with van der Waals surface area (Å²) < 4.78 is 0.996. The molecule has 5 heteroatoms. The predicted molar refractivity (Wildman–Crippen MR) is 87.7 cm³/mol. The zero-order valence-electron chi connectivity index (χ0n) is 12.3. The predicted octanol–water partition coefficient (Wildman–Crippen LogP) is 2.02. The van der Waals surface area contributed by atoms with E-state index in [-0.39, 0.29) is 12.4 Å². The Hall–Kier alpha value is -0.750. The van der Waals surface area contributed by atoms with Crippen LogP contribution in [0, 0.1) is 0 Å². The van der Waals surface area contributed by atoms with Crippen LogP contribution < -0.4 is 0 Å². The van der Waals surface area contributed by atoms with Crippen molar-refractivity contribution in [3.05, 3.63) is 34.3 Å². The van der Waals surface area contributed by atoms with E-state index in [0.717, 1.165) is 55.7 Å². The molecule has 21 heavy (non-hydrogen) atoms. The molecule has 0 atom stereocenters. The Bertz CT molecular complexity index is 450. The van der Waals surface area contributed by atoms with E-state index in [1.165, 1.54) is 0 Å². The van der Waals surface area contributed by atoms with Crippen molar-refractivity contribution in [3.63, 3.8) is 0 Å². The number of hydrogen-bond acceptors (Lipinski definition) is 4. The van der Waals surface area contributed by atoms with Crippen LogP contribution in [-0.2, 0) is 0 Å². The number of Topliss-reactive ketones (excluding diaryl/α,β-unsaturated/α-hetero) is 1. The third kappa shape index (κ3) is 5.51. The van der Waals surface area contributed by atoms with Crippen LogP contribution in [0.25, 0.3) is 0 Å². The van der Waals surface area contributed by atoms with E-state index in [1.807, 2.05) is 24.3 Å². The van der Waals surface area contributed by atoms with Gasteiger partial charge < -0.3 is 10.0 Å². The normalized spacial score (nSPS) is 17.6. The van der Waals surface area contributed by atoms with E-state index in [1.54, 1.807) is 0 Å². The Morgan fingerprint density at radius 1 is 1.05 bits per heavy atom. The van der Waals surface area contributed by atoms with Gasteiger partial charge in [-0.25, -0.2) is 0 Å². The number of rotatable bonds is 6. The van der Waals surface area contributed by atoms with Gasteiger partial charge in [0.15, 0.2) is 5.78 Å². The minimum atomic E-state index is 0.207. The number of nitrogens with zero attached hydrogens (tertiary/aromatic N) is 2. The first-order valence-corrected chi connectivity index (χ1v) is 8.32. The van der Waals surface area contributed by atoms with Crippen molar-refractivity contribution in [1.82, 2.24) is 9.80 Å². The number of aliphatic hydroxyl groups is 1. The summed E-state index contributed by atoms with van der Waals surface area (Å²) in [6.45, 7) is 5.84. The molecule has 1 saturated heterocycles. The van der Waals surface area contributed by atoms with E-state index in [0.29, 0.717) is 6.42 Å². The number of carbonyl (C=O) groups excluding carboxylic acids is 1. The molecule has 0 aliphatic carbocycles. The molecule has 1 aromatic rings. The van der Waals surface area contributed by atoms with Crippen LogP contribution >= 0.6 is 15.9 Å². The van der Waals surface area contributed by atoms with E-state index in [4.69, 9.17) is 5.11 Å². The van der Waals surface area contributed by atoms with E-state index in [2.05, 4.69) is 25.7 Å². The summed E-state index contributed by atoms with van der Waals surface area (Å²) >= 11 is 3.38.